The van der Waals surface area contributed by atoms with Crippen LogP contribution in [-0.2, 0) is 12.8 Å². The number of aliphatic hydroxyl groups is 1. The van der Waals surface area contributed by atoms with Crippen LogP contribution in [0.3, 0.4) is 0 Å². The number of hydrogen-bond acceptors (Lipinski definition) is 1. The van der Waals surface area contributed by atoms with Crippen molar-refractivity contribution in [3.05, 3.63) is 70.0 Å². The summed E-state index contributed by atoms with van der Waals surface area (Å²) in [5.74, 6) is -3.37. The van der Waals surface area contributed by atoms with E-state index in [0.717, 1.165) is 24.8 Å². The lowest BCUT2D eigenvalue weighted by molar-refractivity contribution is 0.213. The Labute approximate surface area is 114 Å². The molecule has 2 aromatic carbocycles. The molecule has 0 aromatic heterocycles. The molecule has 1 atom stereocenters. The summed E-state index contributed by atoms with van der Waals surface area (Å²) >= 11 is 0. The second kappa shape index (κ2) is 4.94. The molecule has 0 amide bonds. The zero-order valence-corrected chi connectivity index (χ0v) is 10.7. The van der Waals surface area contributed by atoms with E-state index in [0.29, 0.717) is 17.7 Å². The van der Waals surface area contributed by atoms with Gasteiger partial charge in [-0.25, -0.2) is 13.2 Å². The Morgan fingerprint density at radius 2 is 1.55 bits per heavy atom. The van der Waals surface area contributed by atoms with Crippen molar-refractivity contribution < 1.29 is 18.3 Å². The summed E-state index contributed by atoms with van der Waals surface area (Å²) in [5.41, 5.74) is 2.61. The first-order valence-corrected chi connectivity index (χ1v) is 6.50. The fraction of sp³-hybridized carbons (Fsp3) is 0.250. The summed E-state index contributed by atoms with van der Waals surface area (Å²) in [6.07, 6.45) is 1.70. The maximum atomic E-state index is 13.7. The lowest BCUT2D eigenvalue weighted by Gasteiger charge is -2.14. The van der Waals surface area contributed by atoms with E-state index < -0.39 is 23.6 Å². The first-order chi connectivity index (χ1) is 9.56. The average molecular weight is 278 g/mol. The third-order valence-corrected chi connectivity index (χ3v) is 3.77. The molecule has 1 N–H and O–H groups in total. The van der Waals surface area contributed by atoms with Crippen molar-refractivity contribution in [3.63, 3.8) is 0 Å². The van der Waals surface area contributed by atoms with Gasteiger partial charge >= 0.3 is 0 Å². The van der Waals surface area contributed by atoms with Gasteiger partial charge in [-0.05, 0) is 42.0 Å². The Morgan fingerprint density at radius 3 is 2.35 bits per heavy atom. The molecule has 20 heavy (non-hydrogen) atoms. The van der Waals surface area contributed by atoms with Gasteiger partial charge in [-0.3, -0.25) is 0 Å². The number of halogens is 3. The molecule has 0 radical (unpaired) electrons. The molecule has 1 aliphatic rings. The fourth-order valence-corrected chi connectivity index (χ4v) is 2.69. The van der Waals surface area contributed by atoms with E-state index in [4.69, 9.17) is 0 Å². The Balaban J connectivity index is 2.00. The van der Waals surface area contributed by atoms with Crippen molar-refractivity contribution in [2.24, 2.45) is 0 Å². The van der Waals surface area contributed by atoms with Crippen LogP contribution < -0.4 is 0 Å². The van der Waals surface area contributed by atoms with Crippen molar-refractivity contribution >= 4 is 0 Å². The number of rotatable bonds is 2. The highest BCUT2D eigenvalue weighted by molar-refractivity contribution is 5.39. The SMILES string of the molecule is OC(c1ccc2c(c1)CCC2)c1cc(F)c(F)cc1F. The van der Waals surface area contributed by atoms with Crippen LogP contribution in [0.1, 0.15) is 34.8 Å². The summed E-state index contributed by atoms with van der Waals surface area (Å²) in [5, 5.41) is 10.2. The zero-order chi connectivity index (χ0) is 14.3. The summed E-state index contributed by atoms with van der Waals surface area (Å²) < 4.78 is 39.8. The molecule has 0 saturated carbocycles. The molecule has 104 valence electrons. The molecule has 0 saturated heterocycles. The van der Waals surface area contributed by atoms with Gasteiger partial charge in [0, 0.05) is 11.6 Å². The summed E-state index contributed by atoms with van der Waals surface area (Å²) in [4.78, 5) is 0. The minimum atomic E-state index is -1.30. The Morgan fingerprint density at radius 1 is 0.850 bits per heavy atom. The molecule has 1 aliphatic carbocycles. The van der Waals surface area contributed by atoms with E-state index in [2.05, 4.69) is 0 Å². The molecular formula is C16H13F3O. The lowest BCUT2D eigenvalue weighted by atomic mass is 9.97. The predicted octanol–water partition coefficient (Wildman–Crippen LogP) is 3.67. The monoisotopic (exact) mass is 278 g/mol. The highest BCUT2D eigenvalue weighted by atomic mass is 19.2. The molecular weight excluding hydrogens is 265 g/mol. The lowest BCUT2D eigenvalue weighted by Crippen LogP contribution is -2.05. The van der Waals surface area contributed by atoms with Crippen LogP contribution in [0.2, 0.25) is 0 Å². The van der Waals surface area contributed by atoms with Gasteiger partial charge in [0.1, 0.15) is 11.9 Å². The minimum absolute atomic E-state index is 0.248. The highest BCUT2D eigenvalue weighted by Crippen LogP contribution is 2.30. The maximum Gasteiger partial charge on any atom is 0.161 e. The van der Waals surface area contributed by atoms with Gasteiger partial charge in [0.05, 0.1) is 0 Å². The number of hydrogen-bond donors (Lipinski definition) is 1. The van der Waals surface area contributed by atoms with Gasteiger partial charge in [0.2, 0.25) is 0 Å². The van der Waals surface area contributed by atoms with Crippen LogP contribution >= 0.6 is 0 Å². The zero-order valence-electron chi connectivity index (χ0n) is 10.7. The van der Waals surface area contributed by atoms with Crippen molar-refractivity contribution in [1.82, 2.24) is 0 Å². The normalized spacial score (nSPS) is 15.2. The third kappa shape index (κ3) is 2.20. The molecule has 2 aromatic rings. The Bertz CT molecular complexity index is 667. The molecule has 0 fully saturated rings. The summed E-state index contributed by atoms with van der Waals surface area (Å²) in [6, 6.07) is 6.59. The van der Waals surface area contributed by atoms with E-state index in [-0.39, 0.29) is 5.56 Å². The predicted molar refractivity (Wildman–Crippen MR) is 68.8 cm³/mol. The van der Waals surface area contributed by atoms with E-state index >= 15 is 0 Å². The second-order valence-electron chi connectivity index (χ2n) is 5.07. The van der Waals surface area contributed by atoms with E-state index in [9.17, 15) is 18.3 Å². The molecule has 0 heterocycles. The first-order valence-electron chi connectivity index (χ1n) is 6.50. The maximum absolute atomic E-state index is 13.7. The molecule has 4 heteroatoms. The molecule has 3 rings (SSSR count). The topological polar surface area (TPSA) is 20.2 Å². The van der Waals surface area contributed by atoms with Crippen LogP contribution in [0.4, 0.5) is 13.2 Å². The molecule has 0 spiro atoms. The van der Waals surface area contributed by atoms with Crippen LogP contribution in [0.15, 0.2) is 30.3 Å². The second-order valence-corrected chi connectivity index (χ2v) is 5.07. The largest absolute Gasteiger partial charge is 0.384 e. The van der Waals surface area contributed by atoms with Gasteiger partial charge < -0.3 is 5.11 Å². The van der Waals surface area contributed by atoms with Gasteiger partial charge in [0.15, 0.2) is 11.6 Å². The van der Waals surface area contributed by atoms with Crippen LogP contribution in [0.5, 0.6) is 0 Å². The first kappa shape index (κ1) is 13.2. The fourth-order valence-electron chi connectivity index (χ4n) is 2.69. The van der Waals surface area contributed by atoms with Crippen molar-refractivity contribution in [2.75, 3.05) is 0 Å². The Hall–Kier alpha value is -1.81. The van der Waals surface area contributed by atoms with E-state index in [1.807, 2.05) is 12.1 Å². The van der Waals surface area contributed by atoms with E-state index in [1.54, 1.807) is 6.07 Å². The molecule has 1 nitrogen and oxygen atoms in total. The van der Waals surface area contributed by atoms with Gasteiger partial charge in [-0.2, -0.15) is 0 Å². The quantitative estimate of drug-likeness (QED) is 0.831. The van der Waals surface area contributed by atoms with Crippen molar-refractivity contribution in [1.29, 1.82) is 0 Å². The van der Waals surface area contributed by atoms with Crippen LogP contribution in [-0.4, -0.2) is 5.11 Å². The molecule has 1 unspecified atom stereocenters. The van der Waals surface area contributed by atoms with Gasteiger partial charge in [0.25, 0.3) is 0 Å². The van der Waals surface area contributed by atoms with Crippen LogP contribution in [0.25, 0.3) is 0 Å². The average Bonchev–Trinajstić information content (AvgIpc) is 2.89. The van der Waals surface area contributed by atoms with Crippen molar-refractivity contribution in [2.45, 2.75) is 25.4 Å². The molecule has 0 aliphatic heterocycles. The third-order valence-electron chi connectivity index (χ3n) is 3.77. The van der Waals surface area contributed by atoms with Gasteiger partial charge in [-0.1, -0.05) is 18.2 Å². The molecule has 0 bridgehead atoms. The summed E-state index contributed by atoms with van der Waals surface area (Å²) in [7, 11) is 0. The summed E-state index contributed by atoms with van der Waals surface area (Å²) in [6.45, 7) is 0. The van der Waals surface area contributed by atoms with Crippen molar-refractivity contribution in [3.8, 4) is 0 Å². The number of benzene rings is 2. The van der Waals surface area contributed by atoms with E-state index in [1.165, 1.54) is 5.56 Å². The smallest absolute Gasteiger partial charge is 0.161 e. The van der Waals surface area contributed by atoms with Crippen LogP contribution in [0, 0.1) is 17.5 Å². The highest BCUT2D eigenvalue weighted by Gasteiger charge is 2.20. The number of aliphatic hydroxyl groups excluding tert-OH is 1. The van der Waals surface area contributed by atoms with Gasteiger partial charge in [-0.15, -0.1) is 0 Å². The minimum Gasteiger partial charge on any atom is -0.384 e. The standard InChI is InChI=1S/C16H13F3O/c17-13-8-15(19)14(18)7-12(13)16(20)11-5-4-9-2-1-3-10(9)6-11/h4-8,16,20H,1-3H2. The number of aryl methyl sites for hydroxylation is 2. The number of fused-ring (bicyclic) bond motifs is 1. The Kier molecular flexibility index (Phi) is 3.26.